The zero-order chi connectivity index (χ0) is 10.1. The van der Waals surface area contributed by atoms with Crippen LogP contribution in [0.4, 0.5) is 0 Å². The van der Waals surface area contributed by atoms with Crippen LogP contribution in [0.5, 0.6) is 0 Å². The van der Waals surface area contributed by atoms with Gasteiger partial charge in [-0.3, -0.25) is 0 Å². The fourth-order valence-corrected chi connectivity index (χ4v) is 1.68. The van der Waals surface area contributed by atoms with Gasteiger partial charge in [-0.25, -0.2) is 0 Å². The standard InChI is InChI=1S/C8H3Cl2IN2O/c9-5-3-1-2-4(6(5)10)7-12-8(11)13-14-7/h1-3H. The lowest BCUT2D eigenvalue weighted by atomic mass is 10.2. The quantitative estimate of drug-likeness (QED) is 0.744. The Morgan fingerprint density at radius 2 is 2.07 bits per heavy atom. The van der Waals surface area contributed by atoms with Crippen LogP contribution in [-0.2, 0) is 0 Å². The first kappa shape index (κ1) is 10.2. The molecular formula is C8H3Cl2IN2O. The Labute approximate surface area is 104 Å². The predicted octanol–water partition coefficient (Wildman–Crippen LogP) is 3.65. The summed E-state index contributed by atoms with van der Waals surface area (Å²) in [5.41, 5.74) is 0.648. The summed E-state index contributed by atoms with van der Waals surface area (Å²) in [5, 5.41) is 4.56. The Morgan fingerprint density at radius 1 is 1.29 bits per heavy atom. The van der Waals surface area contributed by atoms with Crippen LogP contribution in [0.1, 0.15) is 0 Å². The van der Waals surface area contributed by atoms with E-state index in [2.05, 4.69) is 10.1 Å². The maximum absolute atomic E-state index is 5.97. The molecule has 72 valence electrons. The second-order valence-corrected chi connectivity index (χ2v) is 4.22. The number of rotatable bonds is 1. The SMILES string of the molecule is Clc1cccc(-c2nc(I)no2)c1Cl. The van der Waals surface area contributed by atoms with E-state index in [-0.39, 0.29) is 0 Å². The lowest BCUT2D eigenvalue weighted by Crippen LogP contribution is -1.80. The molecule has 1 aromatic carbocycles. The van der Waals surface area contributed by atoms with Gasteiger partial charge < -0.3 is 4.52 Å². The molecule has 0 atom stereocenters. The van der Waals surface area contributed by atoms with Gasteiger partial charge in [-0.2, -0.15) is 4.98 Å². The van der Waals surface area contributed by atoms with Crippen molar-refractivity contribution in [2.24, 2.45) is 0 Å². The predicted molar refractivity (Wildman–Crippen MR) is 62.5 cm³/mol. The third-order valence-corrected chi connectivity index (χ3v) is 2.84. The van der Waals surface area contributed by atoms with Crippen molar-refractivity contribution in [2.75, 3.05) is 0 Å². The average molecular weight is 341 g/mol. The van der Waals surface area contributed by atoms with Gasteiger partial charge in [0.2, 0.25) is 3.83 Å². The molecule has 14 heavy (non-hydrogen) atoms. The Balaban J connectivity index is 2.57. The number of aromatic nitrogens is 2. The van der Waals surface area contributed by atoms with E-state index in [9.17, 15) is 0 Å². The lowest BCUT2D eigenvalue weighted by Gasteiger charge is -1.99. The highest BCUT2D eigenvalue weighted by Gasteiger charge is 2.12. The summed E-state index contributed by atoms with van der Waals surface area (Å²) in [4.78, 5) is 4.05. The molecule has 0 unspecified atom stereocenters. The number of nitrogens with zero attached hydrogens (tertiary/aromatic N) is 2. The molecule has 3 nitrogen and oxygen atoms in total. The van der Waals surface area contributed by atoms with E-state index in [1.165, 1.54) is 0 Å². The van der Waals surface area contributed by atoms with Gasteiger partial charge in [0.05, 0.1) is 15.6 Å². The van der Waals surface area contributed by atoms with E-state index < -0.39 is 0 Å². The largest absolute Gasteiger partial charge is 0.333 e. The van der Waals surface area contributed by atoms with E-state index in [0.29, 0.717) is 25.3 Å². The van der Waals surface area contributed by atoms with E-state index in [0.717, 1.165) is 0 Å². The molecule has 0 aliphatic rings. The highest BCUT2D eigenvalue weighted by Crippen LogP contribution is 2.32. The van der Waals surface area contributed by atoms with Crippen molar-refractivity contribution < 1.29 is 4.52 Å². The van der Waals surface area contributed by atoms with Crippen molar-refractivity contribution in [1.29, 1.82) is 0 Å². The van der Waals surface area contributed by atoms with Gasteiger partial charge in [0.1, 0.15) is 0 Å². The first-order valence-electron chi connectivity index (χ1n) is 3.62. The molecule has 0 N–H and O–H groups in total. The number of halogens is 3. The molecule has 0 amide bonds. The van der Waals surface area contributed by atoms with Gasteiger partial charge in [0.15, 0.2) is 0 Å². The summed E-state index contributed by atoms with van der Waals surface area (Å²) in [7, 11) is 0. The summed E-state index contributed by atoms with van der Waals surface area (Å²) < 4.78 is 5.51. The second kappa shape index (κ2) is 4.04. The molecule has 6 heteroatoms. The van der Waals surface area contributed by atoms with Crippen molar-refractivity contribution in [3.63, 3.8) is 0 Å². The fourth-order valence-electron chi connectivity index (χ4n) is 0.984. The minimum absolute atomic E-state index is 0.377. The van der Waals surface area contributed by atoms with Gasteiger partial charge >= 0.3 is 0 Å². The minimum atomic E-state index is 0.377. The average Bonchev–Trinajstić information content (AvgIpc) is 2.57. The van der Waals surface area contributed by atoms with Crippen LogP contribution in [0.2, 0.25) is 10.0 Å². The van der Waals surface area contributed by atoms with Crippen LogP contribution in [0.3, 0.4) is 0 Å². The fraction of sp³-hybridized carbons (Fsp3) is 0. The molecule has 0 bridgehead atoms. The summed E-state index contributed by atoms with van der Waals surface area (Å²) in [5.74, 6) is 0.377. The van der Waals surface area contributed by atoms with Crippen LogP contribution >= 0.6 is 45.8 Å². The molecule has 1 heterocycles. The van der Waals surface area contributed by atoms with Crippen LogP contribution < -0.4 is 0 Å². The van der Waals surface area contributed by atoms with Crippen LogP contribution in [0, 0.1) is 3.83 Å². The molecule has 0 radical (unpaired) electrons. The zero-order valence-electron chi connectivity index (χ0n) is 6.67. The molecule has 1 aromatic heterocycles. The van der Waals surface area contributed by atoms with Crippen LogP contribution in [0.25, 0.3) is 11.5 Å². The third-order valence-electron chi connectivity index (χ3n) is 1.58. The van der Waals surface area contributed by atoms with E-state index in [1.807, 2.05) is 22.6 Å². The first-order chi connectivity index (χ1) is 6.68. The van der Waals surface area contributed by atoms with Crippen LogP contribution in [-0.4, -0.2) is 10.1 Å². The van der Waals surface area contributed by atoms with E-state index in [4.69, 9.17) is 27.7 Å². The normalized spacial score (nSPS) is 10.5. The molecular weight excluding hydrogens is 338 g/mol. The molecule has 0 saturated heterocycles. The van der Waals surface area contributed by atoms with Gasteiger partial charge in [-0.15, -0.1) is 0 Å². The topological polar surface area (TPSA) is 38.9 Å². The number of hydrogen-bond acceptors (Lipinski definition) is 3. The summed E-state index contributed by atoms with van der Waals surface area (Å²) >= 11 is 13.8. The summed E-state index contributed by atoms with van der Waals surface area (Å²) in [6, 6.07) is 5.26. The monoisotopic (exact) mass is 340 g/mol. The lowest BCUT2D eigenvalue weighted by molar-refractivity contribution is 0.426. The van der Waals surface area contributed by atoms with Crippen molar-refractivity contribution in [1.82, 2.24) is 10.1 Å². The molecule has 0 aliphatic heterocycles. The van der Waals surface area contributed by atoms with E-state index in [1.54, 1.807) is 18.2 Å². The highest BCUT2D eigenvalue weighted by molar-refractivity contribution is 14.1. The third kappa shape index (κ3) is 1.87. The van der Waals surface area contributed by atoms with Gasteiger partial charge in [0, 0.05) is 22.6 Å². The van der Waals surface area contributed by atoms with Crippen molar-refractivity contribution >= 4 is 45.8 Å². The second-order valence-electron chi connectivity index (χ2n) is 2.47. The van der Waals surface area contributed by atoms with Crippen LogP contribution in [0.15, 0.2) is 22.7 Å². The van der Waals surface area contributed by atoms with Gasteiger partial charge in [0.25, 0.3) is 5.89 Å². The molecule has 2 aromatic rings. The Kier molecular flexibility index (Phi) is 2.94. The van der Waals surface area contributed by atoms with Crippen molar-refractivity contribution in [2.45, 2.75) is 0 Å². The maximum atomic E-state index is 5.97. The summed E-state index contributed by atoms with van der Waals surface area (Å²) in [6.07, 6.45) is 0. The number of benzene rings is 1. The molecule has 0 aliphatic carbocycles. The molecule has 0 saturated carbocycles. The maximum Gasteiger partial charge on any atom is 0.260 e. The molecule has 0 spiro atoms. The Hall–Kier alpha value is -0.330. The van der Waals surface area contributed by atoms with Gasteiger partial charge in [-0.1, -0.05) is 34.4 Å². The summed E-state index contributed by atoms with van der Waals surface area (Å²) in [6.45, 7) is 0. The Morgan fingerprint density at radius 3 is 2.71 bits per heavy atom. The molecule has 0 fully saturated rings. The molecule has 2 rings (SSSR count). The van der Waals surface area contributed by atoms with E-state index >= 15 is 0 Å². The minimum Gasteiger partial charge on any atom is -0.333 e. The first-order valence-corrected chi connectivity index (χ1v) is 5.45. The smallest absolute Gasteiger partial charge is 0.260 e. The van der Waals surface area contributed by atoms with Crippen molar-refractivity contribution in [3.05, 3.63) is 32.1 Å². The van der Waals surface area contributed by atoms with Crippen molar-refractivity contribution in [3.8, 4) is 11.5 Å². The Bertz CT molecular complexity index is 472. The highest BCUT2D eigenvalue weighted by atomic mass is 127. The zero-order valence-corrected chi connectivity index (χ0v) is 10.3. The van der Waals surface area contributed by atoms with Gasteiger partial charge in [-0.05, 0) is 12.1 Å². The number of hydrogen-bond donors (Lipinski definition) is 0.